The summed E-state index contributed by atoms with van der Waals surface area (Å²) >= 11 is 0. The van der Waals surface area contributed by atoms with Gasteiger partial charge >= 0.3 is 0 Å². The summed E-state index contributed by atoms with van der Waals surface area (Å²) in [7, 11) is 0. The predicted octanol–water partition coefficient (Wildman–Crippen LogP) is 1.96. The lowest BCUT2D eigenvalue weighted by Crippen LogP contribution is -2.35. The van der Waals surface area contributed by atoms with Crippen LogP contribution in [0.2, 0.25) is 0 Å². The molecular weight excluding hydrogens is 270 g/mol. The zero-order valence-electron chi connectivity index (χ0n) is 13.9. The highest BCUT2D eigenvalue weighted by Crippen LogP contribution is 2.26. The quantitative estimate of drug-likeness (QED) is 0.426. The average molecular weight is 305 g/mol. The number of aliphatic hydroxyl groups excluding tert-OH is 1. The van der Waals surface area contributed by atoms with Crippen LogP contribution in [0, 0.1) is 5.41 Å². The molecule has 5 nitrogen and oxygen atoms in total. The van der Waals surface area contributed by atoms with Crippen molar-refractivity contribution < 1.29 is 19.3 Å². The number of hydrogen-bond acceptors (Lipinski definition) is 5. The van der Waals surface area contributed by atoms with Crippen LogP contribution in [0.5, 0.6) is 0 Å². The molecule has 1 unspecified atom stereocenters. The van der Waals surface area contributed by atoms with E-state index in [-0.39, 0.29) is 12.0 Å². The third-order valence-electron chi connectivity index (χ3n) is 3.71. The van der Waals surface area contributed by atoms with Gasteiger partial charge in [-0.1, -0.05) is 26.7 Å². The number of rotatable bonds is 16. The van der Waals surface area contributed by atoms with Crippen molar-refractivity contribution in [3.63, 3.8) is 0 Å². The summed E-state index contributed by atoms with van der Waals surface area (Å²) in [5, 5.41) is 9.49. The molecule has 0 aromatic rings. The first-order valence-electron chi connectivity index (χ1n) is 8.28. The standard InChI is InChI=1S/C16H35NO4/c1-3-5-8-19-10-12-21-13-11-20-9-7-16(14-17,15-18)6-4-2/h18H,3-15,17H2,1-2H3. The Morgan fingerprint density at radius 2 is 1.38 bits per heavy atom. The molecule has 0 aromatic heterocycles. The molecule has 0 amide bonds. The van der Waals surface area contributed by atoms with Crippen molar-refractivity contribution in [3.8, 4) is 0 Å². The van der Waals surface area contributed by atoms with Crippen LogP contribution in [-0.4, -0.2) is 57.9 Å². The van der Waals surface area contributed by atoms with Crippen LogP contribution in [0.4, 0.5) is 0 Å². The number of ether oxygens (including phenoxy) is 3. The van der Waals surface area contributed by atoms with E-state index in [1.165, 1.54) is 0 Å². The average Bonchev–Trinajstić information content (AvgIpc) is 2.51. The lowest BCUT2D eigenvalue weighted by molar-refractivity contribution is 0.00249. The number of hydrogen-bond donors (Lipinski definition) is 2. The molecule has 0 aliphatic carbocycles. The Labute approximate surface area is 130 Å². The van der Waals surface area contributed by atoms with Gasteiger partial charge < -0.3 is 25.1 Å². The molecule has 0 radical (unpaired) electrons. The minimum Gasteiger partial charge on any atom is -0.396 e. The Morgan fingerprint density at radius 3 is 1.86 bits per heavy atom. The van der Waals surface area contributed by atoms with E-state index < -0.39 is 0 Å². The summed E-state index contributed by atoms with van der Waals surface area (Å²) < 4.78 is 16.4. The molecule has 3 N–H and O–H groups in total. The van der Waals surface area contributed by atoms with Crippen molar-refractivity contribution in [1.29, 1.82) is 0 Å². The molecule has 0 rings (SSSR count). The molecule has 0 heterocycles. The van der Waals surface area contributed by atoms with E-state index in [4.69, 9.17) is 19.9 Å². The molecule has 0 saturated carbocycles. The van der Waals surface area contributed by atoms with Gasteiger partial charge in [-0.25, -0.2) is 0 Å². The fourth-order valence-electron chi connectivity index (χ4n) is 2.16. The summed E-state index contributed by atoms with van der Waals surface area (Å²) in [6.45, 7) is 8.75. The number of unbranched alkanes of at least 4 members (excludes halogenated alkanes) is 1. The summed E-state index contributed by atoms with van der Waals surface area (Å²) in [4.78, 5) is 0. The van der Waals surface area contributed by atoms with Gasteiger partial charge in [0.25, 0.3) is 0 Å². The van der Waals surface area contributed by atoms with Crippen LogP contribution in [-0.2, 0) is 14.2 Å². The molecule has 0 bridgehead atoms. The Balaban J connectivity index is 3.42. The summed E-state index contributed by atoms with van der Waals surface area (Å²) in [6, 6.07) is 0. The van der Waals surface area contributed by atoms with Crippen molar-refractivity contribution in [3.05, 3.63) is 0 Å². The van der Waals surface area contributed by atoms with Crippen LogP contribution < -0.4 is 5.73 Å². The monoisotopic (exact) mass is 305 g/mol. The highest BCUT2D eigenvalue weighted by molar-refractivity contribution is 4.79. The Morgan fingerprint density at radius 1 is 0.810 bits per heavy atom. The van der Waals surface area contributed by atoms with E-state index >= 15 is 0 Å². The van der Waals surface area contributed by atoms with Crippen LogP contribution >= 0.6 is 0 Å². The van der Waals surface area contributed by atoms with Gasteiger partial charge in [-0.15, -0.1) is 0 Å². The molecule has 0 saturated heterocycles. The number of aliphatic hydroxyl groups is 1. The Kier molecular flexibility index (Phi) is 14.6. The van der Waals surface area contributed by atoms with Crippen molar-refractivity contribution in [2.75, 3.05) is 52.8 Å². The second-order valence-electron chi connectivity index (χ2n) is 5.55. The largest absolute Gasteiger partial charge is 0.396 e. The van der Waals surface area contributed by atoms with Crippen LogP contribution in [0.1, 0.15) is 46.0 Å². The molecule has 128 valence electrons. The maximum absolute atomic E-state index is 9.49. The maximum atomic E-state index is 9.49. The van der Waals surface area contributed by atoms with Crippen LogP contribution in [0.25, 0.3) is 0 Å². The van der Waals surface area contributed by atoms with Gasteiger partial charge in [0.05, 0.1) is 26.4 Å². The van der Waals surface area contributed by atoms with Gasteiger partial charge in [-0.05, 0) is 19.3 Å². The highest BCUT2D eigenvalue weighted by atomic mass is 16.5. The number of nitrogens with two attached hydrogens (primary N) is 1. The first kappa shape index (κ1) is 20.8. The molecular formula is C16H35NO4. The molecule has 5 heteroatoms. The Bertz CT molecular complexity index is 210. The first-order valence-corrected chi connectivity index (χ1v) is 8.28. The van der Waals surface area contributed by atoms with E-state index in [0.717, 1.165) is 38.7 Å². The lowest BCUT2D eigenvalue weighted by atomic mass is 9.81. The molecule has 1 atom stereocenters. The zero-order chi connectivity index (χ0) is 15.8. The summed E-state index contributed by atoms with van der Waals surface area (Å²) in [5.74, 6) is 0. The summed E-state index contributed by atoms with van der Waals surface area (Å²) in [6.07, 6.45) is 5.03. The van der Waals surface area contributed by atoms with Crippen molar-refractivity contribution in [1.82, 2.24) is 0 Å². The molecule has 0 aromatic carbocycles. The van der Waals surface area contributed by atoms with Crippen molar-refractivity contribution >= 4 is 0 Å². The lowest BCUT2D eigenvalue weighted by Gasteiger charge is -2.30. The fourth-order valence-corrected chi connectivity index (χ4v) is 2.16. The minimum atomic E-state index is -0.178. The highest BCUT2D eigenvalue weighted by Gasteiger charge is 2.26. The van der Waals surface area contributed by atoms with Crippen molar-refractivity contribution in [2.24, 2.45) is 11.1 Å². The van der Waals surface area contributed by atoms with Crippen LogP contribution in [0.3, 0.4) is 0 Å². The predicted molar refractivity (Wildman–Crippen MR) is 85.5 cm³/mol. The topological polar surface area (TPSA) is 73.9 Å². The SMILES string of the molecule is CCCCOCCOCCOCCC(CN)(CO)CCC. The van der Waals surface area contributed by atoms with Gasteiger partial charge in [0, 0.05) is 31.8 Å². The summed E-state index contributed by atoms with van der Waals surface area (Å²) in [5.41, 5.74) is 5.60. The molecule has 21 heavy (non-hydrogen) atoms. The van der Waals surface area contributed by atoms with E-state index in [0.29, 0.717) is 39.6 Å². The maximum Gasteiger partial charge on any atom is 0.0701 e. The van der Waals surface area contributed by atoms with E-state index in [1.54, 1.807) is 0 Å². The first-order chi connectivity index (χ1) is 10.2. The smallest absolute Gasteiger partial charge is 0.0701 e. The second kappa shape index (κ2) is 14.7. The van der Waals surface area contributed by atoms with E-state index in [1.807, 2.05) is 0 Å². The molecule has 0 fully saturated rings. The minimum absolute atomic E-state index is 0.131. The second-order valence-corrected chi connectivity index (χ2v) is 5.55. The van der Waals surface area contributed by atoms with Crippen LogP contribution in [0.15, 0.2) is 0 Å². The Hall–Kier alpha value is -0.200. The molecule has 0 aliphatic rings. The van der Waals surface area contributed by atoms with E-state index in [2.05, 4.69) is 13.8 Å². The van der Waals surface area contributed by atoms with Gasteiger partial charge in [0.15, 0.2) is 0 Å². The normalized spacial score (nSPS) is 14.3. The van der Waals surface area contributed by atoms with E-state index in [9.17, 15) is 5.11 Å². The van der Waals surface area contributed by atoms with Gasteiger partial charge in [0.2, 0.25) is 0 Å². The third-order valence-corrected chi connectivity index (χ3v) is 3.71. The van der Waals surface area contributed by atoms with Gasteiger partial charge in [-0.3, -0.25) is 0 Å². The molecule has 0 aliphatic heterocycles. The zero-order valence-corrected chi connectivity index (χ0v) is 13.9. The third kappa shape index (κ3) is 11.1. The van der Waals surface area contributed by atoms with Gasteiger partial charge in [0.1, 0.15) is 0 Å². The van der Waals surface area contributed by atoms with Crippen molar-refractivity contribution in [2.45, 2.75) is 46.0 Å². The fraction of sp³-hybridized carbons (Fsp3) is 1.00. The molecule has 0 spiro atoms. The van der Waals surface area contributed by atoms with Gasteiger partial charge in [-0.2, -0.15) is 0 Å².